The van der Waals surface area contributed by atoms with Gasteiger partial charge in [-0.3, -0.25) is 4.90 Å². The molecule has 3 nitrogen and oxygen atoms in total. The Labute approximate surface area is 78.7 Å². The van der Waals surface area contributed by atoms with Crippen molar-refractivity contribution in [3.63, 3.8) is 0 Å². The molecule has 0 aromatic carbocycles. The molecule has 1 fully saturated rings. The lowest BCUT2D eigenvalue weighted by atomic mass is 9.98. The average molecular weight is 190 g/mol. The van der Waals surface area contributed by atoms with Gasteiger partial charge in [0.25, 0.3) is 0 Å². The van der Waals surface area contributed by atoms with E-state index >= 15 is 0 Å². The molecule has 0 aromatic rings. The molecule has 1 aliphatic rings. The van der Waals surface area contributed by atoms with Crippen molar-refractivity contribution in [1.82, 2.24) is 4.90 Å². The molecule has 13 heavy (non-hydrogen) atoms. The Kier molecular flexibility index (Phi) is 4.09. The minimum Gasteiger partial charge on any atom is -0.389 e. The van der Waals surface area contributed by atoms with E-state index in [0.717, 1.165) is 19.4 Å². The van der Waals surface area contributed by atoms with Crippen LogP contribution in [0.1, 0.15) is 19.8 Å². The Balaban J connectivity index is 2.39. The standard InChI is InChI=1S/C9H19FN2O/c1-7-9(11)3-2-4-12(7)6-8(13)5-10/h7-9,13H,2-6,11H2,1H3. The summed E-state index contributed by atoms with van der Waals surface area (Å²) in [6.45, 7) is 2.70. The minimum atomic E-state index is -0.854. The number of β-amino-alcohol motifs (C(OH)–C–C–N with tert-alkyl or cyclic N) is 1. The number of likely N-dealkylation sites (tertiary alicyclic amines) is 1. The van der Waals surface area contributed by atoms with Crippen LogP contribution in [-0.4, -0.2) is 48.0 Å². The second-order valence-electron chi connectivity index (χ2n) is 3.85. The molecule has 0 aromatic heterocycles. The second-order valence-corrected chi connectivity index (χ2v) is 3.85. The smallest absolute Gasteiger partial charge is 0.117 e. The molecular weight excluding hydrogens is 171 g/mol. The lowest BCUT2D eigenvalue weighted by Crippen LogP contribution is -2.52. The maximum Gasteiger partial charge on any atom is 0.117 e. The first-order valence-corrected chi connectivity index (χ1v) is 4.88. The summed E-state index contributed by atoms with van der Waals surface area (Å²) in [7, 11) is 0. The van der Waals surface area contributed by atoms with Crippen molar-refractivity contribution in [2.24, 2.45) is 5.73 Å². The molecular formula is C9H19FN2O. The summed E-state index contributed by atoms with van der Waals surface area (Å²) in [5.74, 6) is 0. The van der Waals surface area contributed by atoms with Gasteiger partial charge in [-0.05, 0) is 26.3 Å². The zero-order chi connectivity index (χ0) is 9.84. The highest BCUT2D eigenvalue weighted by Gasteiger charge is 2.26. The summed E-state index contributed by atoms with van der Waals surface area (Å²) < 4.78 is 12.1. The van der Waals surface area contributed by atoms with Gasteiger partial charge in [0.2, 0.25) is 0 Å². The average Bonchev–Trinajstić information content (AvgIpc) is 2.13. The second kappa shape index (κ2) is 4.88. The van der Waals surface area contributed by atoms with E-state index in [1.165, 1.54) is 0 Å². The first-order valence-electron chi connectivity index (χ1n) is 4.88. The van der Waals surface area contributed by atoms with Crippen molar-refractivity contribution in [2.75, 3.05) is 19.8 Å². The van der Waals surface area contributed by atoms with Crippen LogP contribution in [0.5, 0.6) is 0 Å². The summed E-state index contributed by atoms with van der Waals surface area (Å²) in [5.41, 5.74) is 5.87. The summed E-state index contributed by atoms with van der Waals surface area (Å²) in [6, 6.07) is 0.426. The highest BCUT2D eigenvalue weighted by atomic mass is 19.1. The molecule has 3 N–H and O–H groups in total. The van der Waals surface area contributed by atoms with E-state index in [0.29, 0.717) is 6.54 Å². The van der Waals surface area contributed by atoms with Gasteiger partial charge >= 0.3 is 0 Å². The molecule has 0 aliphatic carbocycles. The summed E-state index contributed by atoms with van der Waals surface area (Å²) in [4.78, 5) is 2.07. The number of hydrogen-bond donors (Lipinski definition) is 2. The molecule has 1 heterocycles. The van der Waals surface area contributed by atoms with E-state index in [9.17, 15) is 4.39 Å². The number of nitrogens with two attached hydrogens (primary N) is 1. The highest BCUT2D eigenvalue weighted by Crippen LogP contribution is 2.15. The van der Waals surface area contributed by atoms with Crippen LogP contribution in [0.15, 0.2) is 0 Å². The number of piperidine rings is 1. The van der Waals surface area contributed by atoms with Gasteiger partial charge in [-0.15, -0.1) is 0 Å². The molecule has 0 radical (unpaired) electrons. The van der Waals surface area contributed by atoms with E-state index in [-0.39, 0.29) is 12.1 Å². The Hall–Kier alpha value is -0.190. The van der Waals surface area contributed by atoms with E-state index in [1.54, 1.807) is 0 Å². The van der Waals surface area contributed by atoms with Crippen LogP contribution < -0.4 is 5.73 Å². The monoisotopic (exact) mass is 190 g/mol. The Morgan fingerprint density at radius 3 is 3.00 bits per heavy atom. The summed E-state index contributed by atoms with van der Waals surface area (Å²) in [6.07, 6.45) is 1.22. The molecule has 0 amide bonds. The molecule has 78 valence electrons. The van der Waals surface area contributed by atoms with Gasteiger partial charge < -0.3 is 10.8 Å². The fourth-order valence-corrected chi connectivity index (χ4v) is 1.82. The first kappa shape index (κ1) is 10.9. The Morgan fingerprint density at radius 2 is 2.38 bits per heavy atom. The van der Waals surface area contributed by atoms with Crippen molar-refractivity contribution >= 4 is 0 Å². The molecule has 0 bridgehead atoms. The quantitative estimate of drug-likeness (QED) is 0.665. The zero-order valence-electron chi connectivity index (χ0n) is 8.12. The summed E-state index contributed by atoms with van der Waals surface area (Å²) >= 11 is 0. The van der Waals surface area contributed by atoms with Gasteiger partial charge in [0.05, 0.1) is 6.10 Å². The van der Waals surface area contributed by atoms with E-state index in [1.807, 2.05) is 6.92 Å². The lowest BCUT2D eigenvalue weighted by molar-refractivity contribution is 0.0519. The molecule has 1 saturated heterocycles. The molecule has 0 saturated carbocycles. The van der Waals surface area contributed by atoms with Crippen molar-refractivity contribution in [1.29, 1.82) is 0 Å². The predicted octanol–water partition coefficient (Wildman–Crippen LogP) is 0.128. The normalized spacial score (nSPS) is 33.2. The van der Waals surface area contributed by atoms with Crippen LogP contribution in [-0.2, 0) is 0 Å². The van der Waals surface area contributed by atoms with Gasteiger partial charge in [-0.25, -0.2) is 4.39 Å². The van der Waals surface area contributed by atoms with Crippen molar-refractivity contribution < 1.29 is 9.50 Å². The zero-order valence-corrected chi connectivity index (χ0v) is 8.12. The van der Waals surface area contributed by atoms with Crippen molar-refractivity contribution in [2.45, 2.75) is 38.0 Å². The SMILES string of the molecule is CC1C(N)CCCN1CC(O)CF. The molecule has 3 unspecified atom stereocenters. The molecule has 1 rings (SSSR count). The largest absolute Gasteiger partial charge is 0.389 e. The van der Waals surface area contributed by atoms with E-state index in [2.05, 4.69) is 4.90 Å². The maximum atomic E-state index is 12.1. The van der Waals surface area contributed by atoms with Crippen LogP contribution >= 0.6 is 0 Å². The van der Waals surface area contributed by atoms with Gasteiger partial charge in [0.1, 0.15) is 6.67 Å². The number of alkyl halides is 1. The van der Waals surface area contributed by atoms with Crippen LogP contribution in [0, 0.1) is 0 Å². The van der Waals surface area contributed by atoms with Crippen LogP contribution in [0.2, 0.25) is 0 Å². The summed E-state index contributed by atoms with van der Waals surface area (Å²) in [5, 5.41) is 9.16. The van der Waals surface area contributed by atoms with Crippen molar-refractivity contribution in [3.05, 3.63) is 0 Å². The Morgan fingerprint density at radius 1 is 1.69 bits per heavy atom. The molecule has 3 atom stereocenters. The Bertz CT molecular complexity index is 157. The predicted molar refractivity (Wildman–Crippen MR) is 50.2 cm³/mol. The first-order chi connectivity index (χ1) is 6.15. The third kappa shape index (κ3) is 2.90. The number of halogens is 1. The topological polar surface area (TPSA) is 49.5 Å². The minimum absolute atomic E-state index is 0.167. The van der Waals surface area contributed by atoms with E-state index in [4.69, 9.17) is 10.8 Å². The third-order valence-electron chi connectivity index (χ3n) is 2.80. The van der Waals surface area contributed by atoms with Crippen LogP contribution in [0.3, 0.4) is 0 Å². The molecule has 1 aliphatic heterocycles. The van der Waals surface area contributed by atoms with Gasteiger partial charge in [-0.1, -0.05) is 0 Å². The number of hydrogen-bond acceptors (Lipinski definition) is 3. The van der Waals surface area contributed by atoms with Crippen LogP contribution in [0.4, 0.5) is 4.39 Å². The molecule has 0 spiro atoms. The van der Waals surface area contributed by atoms with E-state index < -0.39 is 12.8 Å². The fraction of sp³-hybridized carbons (Fsp3) is 1.00. The van der Waals surface area contributed by atoms with Gasteiger partial charge in [0, 0.05) is 18.6 Å². The number of nitrogens with zero attached hydrogens (tertiary/aromatic N) is 1. The third-order valence-corrected chi connectivity index (χ3v) is 2.80. The maximum absolute atomic E-state index is 12.1. The van der Waals surface area contributed by atoms with Gasteiger partial charge in [-0.2, -0.15) is 0 Å². The van der Waals surface area contributed by atoms with Gasteiger partial charge in [0.15, 0.2) is 0 Å². The fourth-order valence-electron chi connectivity index (χ4n) is 1.82. The highest BCUT2D eigenvalue weighted by molar-refractivity contribution is 4.84. The van der Waals surface area contributed by atoms with Crippen molar-refractivity contribution in [3.8, 4) is 0 Å². The number of aliphatic hydroxyl groups excluding tert-OH is 1. The lowest BCUT2D eigenvalue weighted by Gasteiger charge is -2.38. The van der Waals surface area contributed by atoms with Crippen LogP contribution in [0.25, 0.3) is 0 Å². The molecule has 4 heteroatoms. The number of rotatable bonds is 3. The number of aliphatic hydroxyl groups is 1.